The van der Waals surface area contributed by atoms with E-state index < -0.39 is 0 Å². The number of nitrogens with zero attached hydrogens (tertiary/aromatic N) is 4. The molecule has 0 radical (unpaired) electrons. The van der Waals surface area contributed by atoms with E-state index in [1.165, 1.54) is 6.33 Å². The minimum atomic E-state index is -0.172. The predicted octanol–water partition coefficient (Wildman–Crippen LogP) is 3.10. The minimum absolute atomic E-state index is 0.0695. The minimum Gasteiger partial charge on any atom is -0.497 e. The Morgan fingerprint density at radius 1 is 1.14 bits per heavy atom. The van der Waals surface area contributed by atoms with Gasteiger partial charge in [-0.2, -0.15) is 5.10 Å². The summed E-state index contributed by atoms with van der Waals surface area (Å²) in [5.74, 6) is 0.762. The smallest absolute Gasteiger partial charge is 0.272 e. The number of morpholine rings is 1. The maximum Gasteiger partial charge on any atom is 0.272 e. The van der Waals surface area contributed by atoms with Gasteiger partial charge in [0.25, 0.3) is 5.91 Å². The van der Waals surface area contributed by atoms with Gasteiger partial charge < -0.3 is 14.4 Å². The lowest BCUT2D eigenvalue weighted by Gasteiger charge is -2.33. The molecule has 1 fully saturated rings. The number of amides is 1. The van der Waals surface area contributed by atoms with Crippen LogP contribution in [0, 0.1) is 0 Å². The quantitative estimate of drug-likeness (QED) is 0.539. The summed E-state index contributed by atoms with van der Waals surface area (Å²) in [6.45, 7) is 1.53. The Labute approximate surface area is 167 Å². The molecule has 7 heteroatoms. The zero-order valence-corrected chi connectivity index (χ0v) is 16.0. The van der Waals surface area contributed by atoms with Gasteiger partial charge in [0.2, 0.25) is 0 Å². The third-order valence-corrected chi connectivity index (χ3v) is 5.32. The first kappa shape index (κ1) is 17.6. The highest BCUT2D eigenvalue weighted by Gasteiger charge is 2.27. The second-order valence-electron chi connectivity index (χ2n) is 7.02. The van der Waals surface area contributed by atoms with Crippen molar-refractivity contribution in [2.75, 3.05) is 26.8 Å². The molecular weight excluding hydrogens is 368 g/mol. The number of ether oxygens (including phenoxy) is 2. The molecule has 3 heterocycles. The summed E-state index contributed by atoms with van der Waals surface area (Å²) >= 11 is 0. The lowest BCUT2D eigenvalue weighted by atomic mass is 10.0. The number of hydrogen-bond donors (Lipinski definition) is 0. The predicted molar refractivity (Wildman–Crippen MR) is 108 cm³/mol. The van der Waals surface area contributed by atoms with Crippen molar-refractivity contribution in [3.63, 3.8) is 0 Å². The van der Waals surface area contributed by atoms with Crippen LogP contribution in [0.5, 0.6) is 5.75 Å². The van der Waals surface area contributed by atoms with Crippen LogP contribution in [0.1, 0.15) is 22.2 Å². The van der Waals surface area contributed by atoms with Crippen LogP contribution in [-0.4, -0.2) is 52.2 Å². The van der Waals surface area contributed by atoms with Gasteiger partial charge in [-0.05, 0) is 46.7 Å². The number of benzene rings is 2. The number of hydrogen-bond acceptors (Lipinski definition) is 5. The molecule has 29 heavy (non-hydrogen) atoms. The Morgan fingerprint density at radius 3 is 2.90 bits per heavy atom. The lowest BCUT2D eigenvalue weighted by Crippen LogP contribution is -2.42. The molecule has 1 amide bonds. The highest BCUT2D eigenvalue weighted by molar-refractivity contribution is 5.93. The molecule has 0 N–H and O–H groups in total. The Morgan fingerprint density at radius 2 is 2.00 bits per heavy atom. The van der Waals surface area contributed by atoms with Gasteiger partial charge in [-0.3, -0.25) is 4.79 Å². The van der Waals surface area contributed by atoms with Crippen molar-refractivity contribution >= 4 is 22.3 Å². The van der Waals surface area contributed by atoms with Crippen molar-refractivity contribution in [1.82, 2.24) is 19.5 Å². The zero-order valence-electron chi connectivity index (χ0n) is 16.0. The number of rotatable bonds is 3. The van der Waals surface area contributed by atoms with Crippen LogP contribution < -0.4 is 4.74 Å². The second kappa shape index (κ2) is 7.18. The summed E-state index contributed by atoms with van der Waals surface area (Å²) in [6, 6.07) is 17.7. The number of carbonyl (C=O) groups excluding carboxylic acids is 1. The van der Waals surface area contributed by atoms with Crippen molar-refractivity contribution in [3.05, 3.63) is 72.2 Å². The molecule has 1 aliphatic heterocycles. The monoisotopic (exact) mass is 388 g/mol. The molecular formula is C22H20N4O3. The SMILES string of the molecule is COc1ccc2cc(C3CN(C(=O)c4cccc5ncnn45)CCO3)ccc2c1. The number of aromatic nitrogens is 3. The molecule has 5 rings (SSSR count). The lowest BCUT2D eigenvalue weighted by molar-refractivity contribution is -0.0230. The van der Waals surface area contributed by atoms with Crippen molar-refractivity contribution in [1.29, 1.82) is 0 Å². The molecule has 0 bridgehead atoms. The number of pyridine rings is 1. The molecule has 2 aromatic heterocycles. The Hall–Kier alpha value is -3.45. The molecule has 1 saturated heterocycles. The van der Waals surface area contributed by atoms with Crippen LogP contribution in [0.15, 0.2) is 60.9 Å². The first-order valence-corrected chi connectivity index (χ1v) is 9.50. The van der Waals surface area contributed by atoms with Crippen molar-refractivity contribution < 1.29 is 14.3 Å². The van der Waals surface area contributed by atoms with E-state index in [-0.39, 0.29) is 12.0 Å². The van der Waals surface area contributed by atoms with E-state index in [0.29, 0.717) is 31.0 Å². The molecule has 1 unspecified atom stereocenters. The fourth-order valence-electron chi connectivity index (χ4n) is 3.77. The van der Waals surface area contributed by atoms with Gasteiger partial charge in [0.1, 0.15) is 23.9 Å². The second-order valence-corrected chi connectivity index (χ2v) is 7.02. The van der Waals surface area contributed by atoms with Crippen LogP contribution >= 0.6 is 0 Å². The average molecular weight is 388 g/mol. The largest absolute Gasteiger partial charge is 0.497 e. The first-order chi connectivity index (χ1) is 14.2. The van der Waals surface area contributed by atoms with E-state index in [0.717, 1.165) is 22.1 Å². The molecule has 0 spiro atoms. The standard InChI is InChI=1S/C22H20N4O3/c1-28-18-8-7-15-11-17(6-5-16(15)12-18)20-13-25(9-10-29-20)22(27)19-3-2-4-21-23-14-24-26(19)21/h2-8,11-12,14,20H,9-10,13H2,1H3. The van der Waals surface area contributed by atoms with E-state index in [9.17, 15) is 4.79 Å². The summed E-state index contributed by atoms with van der Waals surface area (Å²) in [4.78, 5) is 19.1. The normalized spacial score (nSPS) is 17.0. The zero-order chi connectivity index (χ0) is 19.8. The van der Waals surface area contributed by atoms with Crippen molar-refractivity contribution in [2.24, 2.45) is 0 Å². The molecule has 2 aromatic carbocycles. The number of carbonyl (C=O) groups is 1. The summed E-state index contributed by atoms with van der Waals surface area (Å²) in [7, 11) is 1.66. The third kappa shape index (κ3) is 3.19. The molecule has 0 aliphatic carbocycles. The fourth-order valence-corrected chi connectivity index (χ4v) is 3.77. The van der Waals surface area contributed by atoms with Crippen LogP contribution in [0.2, 0.25) is 0 Å². The van der Waals surface area contributed by atoms with Gasteiger partial charge in [0, 0.05) is 6.54 Å². The van der Waals surface area contributed by atoms with Crippen LogP contribution in [0.3, 0.4) is 0 Å². The fraction of sp³-hybridized carbons (Fsp3) is 0.227. The Bertz CT molecular complexity index is 1200. The molecule has 1 atom stereocenters. The first-order valence-electron chi connectivity index (χ1n) is 9.50. The van der Waals surface area contributed by atoms with Crippen LogP contribution in [-0.2, 0) is 4.74 Å². The maximum atomic E-state index is 13.1. The van der Waals surface area contributed by atoms with Gasteiger partial charge in [0.15, 0.2) is 5.65 Å². The molecule has 4 aromatic rings. The van der Waals surface area contributed by atoms with E-state index in [1.54, 1.807) is 17.7 Å². The summed E-state index contributed by atoms with van der Waals surface area (Å²) in [5, 5.41) is 6.40. The number of fused-ring (bicyclic) bond motifs is 2. The van der Waals surface area contributed by atoms with Crippen LogP contribution in [0.25, 0.3) is 16.4 Å². The van der Waals surface area contributed by atoms with E-state index in [1.807, 2.05) is 35.2 Å². The molecule has 7 nitrogen and oxygen atoms in total. The van der Waals surface area contributed by atoms with Gasteiger partial charge in [-0.25, -0.2) is 9.50 Å². The maximum absolute atomic E-state index is 13.1. The van der Waals surface area contributed by atoms with Gasteiger partial charge in [0.05, 0.1) is 20.3 Å². The Balaban J connectivity index is 1.41. The highest BCUT2D eigenvalue weighted by Crippen LogP contribution is 2.28. The molecule has 1 aliphatic rings. The van der Waals surface area contributed by atoms with E-state index in [2.05, 4.69) is 28.3 Å². The van der Waals surface area contributed by atoms with Gasteiger partial charge >= 0.3 is 0 Å². The van der Waals surface area contributed by atoms with Crippen molar-refractivity contribution in [3.8, 4) is 5.75 Å². The average Bonchev–Trinajstić information content (AvgIpc) is 3.27. The summed E-state index contributed by atoms with van der Waals surface area (Å²) < 4.78 is 12.9. The van der Waals surface area contributed by atoms with Crippen molar-refractivity contribution in [2.45, 2.75) is 6.10 Å². The third-order valence-electron chi connectivity index (χ3n) is 5.32. The summed E-state index contributed by atoms with van der Waals surface area (Å²) in [6.07, 6.45) is 1.28. The topological polar surface area (TPSA) is 69.0 Å². The molecule has 0 saturated carbocycles. The number of methoxy groups -OCH3 is 1. The highest BCUT2D eigenvalue weighted by atomic mass is 16.5. The van der Waals surface area contributed by atoms with Gasteiger partial charge in [-0.15, -0.1) is 0 Å². The van der Waals surface area contributed by atoms with E-state index in [4.69, 9.17) is 9.47 Å². The molecule has 146 valence electrons. The summed E-state index contributed by atoms with van der Waals surface area (Å²) in [5.41, 5.74) is 2.22. The van der Waals surface area contributed by atoms with Gasteiger partial charge in [-0.1, -0.05) is 24.3 Å². The van der Waals surface area contributed by atoms with E-state index >= 15 is 0 Å². The Kier molecular flexibility index (Phi) is 4.37. The van der Waals surface area contributed by atoms with Crippen LogP contribution in [0.4, 0.5) is 0 Å².